The smallest absolute Gasteiger partial charge is 0.338 e. The first-order chi connectivity index (χ1) is 14.0. The van der Waals surface area contributed by atoms with Crippen molar-refractivity contribution in [3.05, 3.63) is 40.9 Å². The van der Waals surface area contributed by atoms with Gasteiger partial charge >= 0.3 is 11.9 Å². The van der Waals surface area contributed by atoms with E-state index in [4.69, 9.17) is 9.47 Å². The third kappa shape index (κ3) is 5.17. The van der Waals surface area contributed by atoms with Crippen molar-refractivity contribution in [2.75, 3.05) is 37.0 Å². The molecule has 2 heterocycles. The van der Waals surface area contributed by atoms with Gasteiger partial charge < -0.3 is 19.3 Å². The maximum absolute atomic E-state index is 12.2. The molecule has 3 rings (SSSR count). The van der Waals surface area contributed by atoms with Gasteiger partial charge in [-0.2, -0.15) is 0 Å². The lowest BCUT2D eigenvalue weighted by atomic mass is 10.2. The van der Waals surface area contributed by atoms with Crippen LogP contribution in [-0.4, -0.2) is 60.7 Å². The van der Waals surface area contributed by atoms with E-state index in [1.54, 1.807) is 36.1 Å². The average Bonchev–Trinajstić information content (AvgIpc) is 3.28. The molecule has 0 aromatic heterocycles. The minimum atomic E-state index is -0.514. The first-order valence-corrected chi connectivity index (χ1v) is 10.4. The second-order valence-electron chi connectivity index (χ2n) is 6.40. The number of hydrogen-bond acceptors (Lipinski definition) is 7. The van der Waals surface area contributed by atoms with Gasteiger partial charge in [-0.3, -0.25) is 9.59 Å². The summed E-state index contributed by atoms with van der Waals surface area (Å²) in [5, 5.41) is 0.490. The largest absolute Gasteiger partial charge is 0.463 e. The third-order valence-corrected chi connectivity index (χ3v) is 5.50. The monoisotopic (exact) mass is 418 g/mol. The fourth-order valence-corrected chi connectivity index (χ4v) is 4.02. The Kier molecular flexibility index (Phi) is 6.92. The van der Waals surface area contributed by atoms with Gasteiger partial charge in [-0.1, -0.05) is 11.8 Å². The van der Waals surface area contributed by atoms with Crippen LogP contribution in [0.5, 0.6) is 0 Å². The molecule has 2 aliphatic rings. The lowest BCUT2D eigenvalue weighted by molar-refractivity contribution is -0.137. The van der Waals surface area contributed by atoms with Crippen molar-refractivity contribution in [3.8, 4) is 0 Å². The fraction of sp³-hybridized carbons (Fsp3) is 0.400. The summed E-state index contributed by atoms with van der Waals surface area (Å²) < 4.78 is 10.1. The normalized spacial score (nSPS) is 17.9. The highest BCUT2D eigenvalue weighted by atomic mass is 32.2. The molecular formula is C20H22N2O6S. The Bertz CT molecular complexity index is 836. The quantitative estimate of drug-likeness (QED) is 0.493. The van der Waals surface area contributed by atoms with Gasteiger partial charge in [0, 0.05) is 18.7 Å². The van der Waals surface area contributed by atoms with Crippen LogP contribution >= 0.6 is 11.8 Å². The Morgan fingerprint density at radius 1 is 1.14 bits per heavy atom. The van der Waals surface area contributed by atoms with E-state index in [2.05, 4.69) is 0 Å². The minimum Gasteiger partial charge on any atom is -0.463 e. The number of ether oxygens (including phenoxy) is 2. The van der Waals surface area contributed by atoms with Crippen molar-refractivity contribution in [2.24, 2.45) is 0 Å². The van der Waals surface area contributed by atoms with E-state index in [-0.39, 0.29) is 37.3 Å². The molecule has 2 saturated heterocycles. The minimum absolute atomic E-state index is 0.00232. The van der Waals surface area contributed by atoms with Gasteiger partial charge in [0.15, 0.2) is 0 Å². The van der Waals surface area contributed by atoms with E-state index in [1.807, 2.05) is 0 Å². The number of amides is 2. The number of benzene rings is 1. The summed E-state index contributed by atoms with van der Waals surface area (Å²) in [7, 11) is 0. The molecule has 154 valence electrons. The number of nitrogens with zero attached hydrogens (tertiary/aromatic N) is 2. The molecule has 0 radical (unpaired) electrons. The van der Waals surface area contributed by atoms with E-state index in [9.17, 15) is 19.2 Å². The van der Waals surface area contributed by atoms with Crippen molar-refractivity contribution >= 4 is 41.2 Å². The molecule has 2 fully saturated rings. The van der Waals surface area contributed by atoms with Gasteiger partial charge in [-0.25, -0.2) is 9.59 Å². The van der Waals surface area contributed by atoms with Crippen molar-refractivity contribution in [2.45, 2.75) is 19.8 Å². The van der Waals surface area contributed by atoms with Crippen LogP contribution in [-0.2, 0) is 23.9 Å². The summed E-state index contributed by atoms with van der Waals surface area (Å²) in [5.74, 6) is -0.861. The van der Waals surface area contributed by atoms with Crippen LogP contribution in [0.1, 0.15) is 30.1 Å². The van der Waals surface area contributed by atoms with Gasteiger partial charge in [0.2, 0.25) is 11.8 Å². The topological polar surface area (TPSA) is 93.2 Å². The summed E-state index contributed by atoms with van der Waals surface area (Å²) in [6, 6.07) is 6.68. The first-order valence-electron chi connectivity index (χ1n) is 9.38. The molecule has 0 spiro atoms. The number of thioether (sulfide) groups is 1. The van der Waals surface area contributed by atoms with E-state index in [1.165, 1.54) is 22.7 Å². The number of hydrogen-bond donors (Lipinski definition) is 0. The number of carbonyl (C=O) groups excluding carboxylic acids is 4. The lowest BCUT2D eigenvalue weighted by Crippen LogP contribution is -2.29. The molecule has 0 unspecified atom stereocenters. The third-order valence-electron chi connectivity index (χ3n) is 4.47. The molecule has 8 nitrogen and oxygen atoms in total. The predicted molar refractivity (Wildman–Crippen MR) is 107 cm³/mol. The summed E-state index contributed by atoms with van der Waals surface area (Å²) in [4.78, 5) is 50.7. The average molecular weight is 418 g/mol. The van der Waals surface area contributed by atoms with Gasteiger partial charge in [0.1, 0.15) is 6.61 Å². The van der Waals surface area contributed by atoms with Crippen LogP contribution in [0.15, 0.2) is 35.4 Å². The van der Waals surface area contributed by atoms with Crippen LogP contribution in [0.4, 0.5) is 5.69 Å². The van der Waals surface area contributed by atoms with Crippen molar-refractivity contribution < 1.29 is 28.7 Å². The molecule has 0 atom stereocenters. The Labute approximate surface area is 172 Å². The second-order valence-corrected chi connectivity index (χ2v) is 7.40. The molecule has 0 aliphatic carbocycles. The van der Waals surface area contributed by atoms with E-state index < -0.39 is 11.9 Å². The Morgan fingerprint density at radius 3 is 2.55 bits per heavy atom. The lowest BCUT2D eigenvalue weighted by Gasteiger charge is -2.17. The molecule has 1 aromatic carbocycles. The molecule has 2 aliphatic heterocycles. The van der Waals surface area contributed by atoms with Crippen LogP contribution in [0.25, 0.3) is 0 Å². The predicted octanol–water partition coefficient (Wildman–Crippen LogP) is 1.95. The summed E-state index contributed by atoms with van der Waals surface area (Å²) in [6.07, 6.45) is 2.66. The van der Waals surface area contributed by atoms with Crippen LogP contribution in [0, 0.1) is 0 Å². The van der Waals surface area contributed by atoms with Crippen molar-refractivity contribution in [1.82, 2.24) is 4.90 Å². The molecular weight excluding hydrogens is 396 g/mol. The van der Waals surface area contributed by atoms with Gasteiger partial charge in [0.05, 0.1) is 35.6 Å². The zero-order valence-corrected chi connectivity index (χ0v) is 16.9. The summed E-state index contributed by atoms with van der Waals surface area (Å²) in [6.45, 7) is 2.80. The zero-order valence-electron chi connectivity index (χ0n) is 16.1. The molecule has 0 bridgehead atoms. The maximum Gasteiger partial charge on any atom is 0.338 e. The second kappa shape index (κ2) is 9.60. The van der Waals surface area contributed by atoms with Crippen molar-refractivity contribution in [1.29, 1.82) is 0 Å². The molecule has 2 amide bonds. The molecule has 0 N–H and O–H groups in total. The highest BCUT2D eigenvalue weighted by Gasteiger charge is 2.27. The van der Waals surface area contributed by atoms with Gasteiger partial charge in [-0.15, -0.1) is 0 Å². The number of carbonyl (C=O) groups is 4. The highest BCUT2D eigenvalue weighted by molar-refractivity contribution is 8.04. The number of anilines is 1. The SMILES string of the molecule is CCOC(=O)/C=C1\SCC(=O)N1CCOC(=O)c1ccc(N2CCCC2=O)cc1. The van der Waals surface area contributed by atoms with E-state index in [0.29, 0.717) is 23.6 Å². The molecule has 29 heavy (non-hydrogen) atoms. The van der Waals surface area contributed by atoms with E-state index in [0.717, 1.165) is 12.1 Å². The zero-order chi connectivity index (χ0) is 20.8. The molecule has 9 heteroatoms. The number of rotatable bonds is 7. The van der Waals surface area contributed by atoms with Gasteiger partial charge in [-0.05, 0) is 37.6 Å². The maximum atomic E-state index is 12.2. The molecule has 0 saturated carbocycles. The van der Waals surface area contributed by atoms with Crippen molar-refractivity contribution in [3.63, 3.8) is 0 Å². The Morgan fingerprint density at radius 2 is 1.90 bits per heavy atom. The molecule has 1 aromatic rings. The first kappa shape index (κ1) is 20.9. The summed E-state index contributed by atoms with van der Waals surface area (Å²) in [5.41, 5.74) is 1.13. The fourth-order valence-electron chi connectivity index (χ4n) is 3.07. The highest BCUT2D eigenvalue weighted by Crippen LogP contribution is 2.28. The Hall–Kier alpha value is -2.81. The number of esters is 2. The van der Waals surface area contributed by atoms with Crippen LogP contribution in [0.2, 0.25) is 0 Å². The summed E-state index contributed by atoms with van der Waals surface area (Å²) >= 11 is 1.25. The Balaban J connectivity index is 1.53. The standard InChI is InChI=1S/C20H22N2O6S/c1-2-27-19(25)12-18-22(17(24)13-29-18)10-11-28-20(26)14-5-7-15(8-6-14)21-9-3-4-16(21)23/h5-8,12H,2-4,9-11,13H2,1H3/b18-12-. The van der Waals surface area contributed by atoms with Crippen LogP contribution in [0.3, 0.4) is 0 Å². The van der Waals surface area contributed by atoms with Crippen LogP contribution < -0.4 is 4.90 Å². The van der Waals surface area contributed by atoms with Gasteiger partial charge in [0.25, 0.3) is 0 Å². The van der Waals surface area contributed by atoms with E-state index >= 15 is 0 Å².